The summed E-state index contributed by atoms with van der Waals surface area (Å²) >= 11 is 0. The van der Waals surface area contributed by atoms with Crippen molar-refractivity contribution in [1.29, 1.82) is 0 Å². The van der Waals surface area contributed by atoms with Crippen LogP contribution in [0.25, 0.3) is 0 Å². The number of ether oxygens (including phenoxy) is 4. The minimum Gasteiger partial charge on any atom is -0.393 e. The number of hydrogen-bond donors (Lipinski definition) is 6. The highest BCUT2D eigenvalue weighted by atomic mass is 16.7. The molecule has 0 bridgehead atoms. The minimum absolute atomic E-state index is 0.288. The van der Waals surface area contributed by atoms with E-state index in [0.717, 1.165) is 25.7 Å². The quantitative estimate of drug-likeness (QED) is 0.225. The molecule has 2 aliphatic heterocycles. The molecule has 8 unspecified atom stereocenters. The lowest BCUT2D eigenvalue weighted by molar-refractivity contribution is -0.309. The van der Waals surface area contributed by atoms with Crippen LogP contribution in [0.4, 0.5) is 0 Å². The molecule has 2 rings (SSSR count). The number of aliphatic hydroxyl groups excluding tert-OH is 5. The van der Waals surface area contributed by atoms with Crippen molar-refractivity contribution in [3.05, 3.63) is 0 Å². The van der Waals surface area contributed by atoms with Crippen LogP contribution in [0.1, 0.15) is 32.6 Å². The van der Waals surface area contributed by atoms with E-state index >= 15 is 0 Å². The van der Waals surface area contributed by atoms with E-state index in [9.17, 15) is 25.5 Å². The van der Waals surface area contributed by atoms with Crippen LogP contribution in [0.5, 0.6) is 0 Å². The number of aliphatic hydroxyl groups is 6. The Morgan fingerprint density at radius 2 is 1.70 bits per heavy atom. The van der Waals surface area contributed by atoms with E-state index in [1.165, 1.54) is 0 Å². The Hall–Kier alpha value is -0.400. The molecule has 27 heavy (non-hydrogen) atoms. The summed E-state index contributed by atoms with van der Waals surface area (Å²) in [7, 11) is 0. The first-order chi connectivity index (χ1) is 12.8. The second-order valence-corrected chi connectivity index (χ2v) is 7.17. The third-order valence-corrected chi connectivity index (χ3v) is 4.95. The van der Waals surface area contributed by atoms with Crippen molar-refractivity contribution in [3.8, 4) is 0 Å². The highest BCUT2D eigenvalue weighted by molar-refractivity contribution is 4.94. The lowest BCUT2D eigenvalue weighted by Gasteiger charge is -2.40. The smallest absolute Gasteiger partial charge is 0.186 e. The van der Waals surface area contributed by atoms with Gasteiger partial charge in [0.05, 0.1) is 19.8 Å². The van der Waals surface area contributed by atoms with E-state index in [4.69, 9.17) is 24.1 Å². The molecular weight excluding hydrogens is 364 g/mol. The fourth-order valence-electron chi connectivity index (χ4n) is 3.04. The summed E-state index contributed by atoms with van der Waals surface area (Å²) in [4.78, 5) is 0. The maximum atomic E-state index is 10.1. The summed E-state index contributed by atoms with van der Waals surface area (Å²) in [6.45, 7) is 1.13. The maximum Gasteiger partial charge on any atom is 0.186 e. The molecule has 0 amide bonds. The molecule has 0 spiro atoms. The second-order valence-electron chi connectivity index (χ2n) is 7.17. The Bertz CT molecular complexity index is 438. The number of rotatable bonds is 10. The minimum atomic E-state index is -1.82. The molecule has 2 aliphatic rings. The SMILES string of the molecule is CCCCCCOC1OC(COC2OCC(O)(CO)C2O)C(O)C(O)C1O. The zero-order chi connectivity index (χ0) is 20.0. The van der Waals surface area contributed by atoms with E-state index in [1.807, 2.05) is 0 Å². The topological polar surface area (TPSA) is 158 Å². The largest absolute Gasteiger partial charge is 0.393 e. The van der Waals surface area contributed by atoms with E-state index in [1.54, 1.807) is 0 Å². The summed E-state index contributed by atoms with van der Waals surface area (Å²) in [6.07, 6.45) is -5.30. The lowest BCUT2D eigenvalue weighted by atomic mass is 9.99. The molecule has 10 heteroatoms. The van der Waals surface area contributed by atoms with Gasteiger partial charge in [-0.15, -0.1) is 0 Å². The van der Waals surface area contributed by atoms with E-state index in [0.29, 0.717) is 6.61 Å². The Morgan fingerprint density at radius 1 is 0.963 bits per heavy atom. The fourth-order valence-corrected chi connectivity index (χ4v) is 3.04. The second kappa shape index (κ2) is 10.4. The van der Waals surface area contributed by atoms with E-state index in [2.05, 4.69) is 6.92 Å². The maximum absolute atomic E-state index is 10.1. The average molecular weight is 396 g/mol. The highest BCUT2D eigenvalue weighted by Crippen LogP contribution is 2.27. The van der Waals surface area contributed by atoms with Gasteiger partial charge < -0.3 is 49.6 Å². The molecule has 0 saturated carbocycles. The van der Waals surface area contributed by atoms with Crippen LogP contribution >= 0.6 is 0 Å². The van der Waals surface area contributed by atoms with Gasteiger partial charge in [0, 0.05) is 6.61 Å². The lowest BCUT2D eigenvalue weighted by Crippen LogP contribution is -2.59. The first kappa shape index (κ1) is 22.9. The molecule has 0 radical (unpaired) electrons. The molecule has 2 heterocycles. The predicted molar refractivity (Wildman–Crippen MR) is 90.5 cm³/mol. The summed E-state index contributed by atoms with van der Waals surface area (Å²) in [6, 6.07) is 0. The van der Waals surface area contributed by atoms with Gasteiger partial charge in [0.15, 0.2) is 12.6 Å². The van der Waals surface area contributed by atoms with Gasteiger partial charge in [0.1, 0.15) is 36.1 Å². The molecule has 0 aromatic carbocycles. The summed E-state index contributed by atoms with van der Waals surface area (Å²) in [5, 5.41) is 59.1. The van der Waals surface area contributed by atoms with E-state index < -0.39 is 55.3 Å². The Kier molecular flexibility index (Phi) is 8.81. The van der Waals surface area contributed by atoms with Gasteiger partial charge in [0.2, 0.25) is 0 Å². The zero-order valence-electron chi connectivity index (χ0n) is 15.5. The van der Waals surface area contributed by atoms with E-state index in [-0.39, 0.29) is 13.2 Å². The summed E-state index contributed by atoms with van der Waals surface area (Å²) in [5.74, 6) is 0. The Labute approximate surface area is 158 Å². The standard InChI is InChI=1S/C17H32O10/c1-2-3-4-5-6-24-15-13(21)12(20)11(19)10(27-15)7-25-16-14(22)17(23,8-18)9-26-16/h10-16,18-23H,2-9H2,1H3. The fraction of sp³-hybridized carbons (Fsp3) is 1.00. The van der Waals surface area contributed by atoms with Crippen molar-refractivity contribution < 1.29 is 49.6 Å². The summed E-state index contributed by atoms with van der Waals surface area (Å²) < 4.78 is 21.4. The van der Waals surface area contributed by atoms with Crippen LogP contribution in [0.3, 0.4) is 0 Å². The van der Waals surface area contributed by atoms with Crippen LogP contribution < -0.4 is 0 Å². The van der Waals surface area contributed by atoms with Crippen molar-refractivity contribution in [3.63, 3.8) is 0 Å². The molecule has 8 atom stereocenters. The monoisotopic (exact) mass is 396 g/mol. The summed E-state index contributed by atoms with van der Waals surface area (Å²) in [5.41, 5.74) is -1.82. The average Bonchev–Trinajstić information content (AvgIpc) is 2.95. The zero-order valence-corrected chi connectivity index (χ0v) is 15.5. The van der Waals surface area contributed by atoms with Gasteiger partial charge in [-0.3, -0.25) is 0 Å². The van der Waals surface area contributed by atoms with Crippen molar-refractivity contribution in [2.24, 2.45) is 0 Å². The molecule has 0 aliphatic carbocycles. The van der Waals surface area contributed by atoms with Crippen molar-refractivity contribution >= 4 is 0 Å². The highest BCUT2D eigenvalue weighted by Gasteiger charge is 2.50. The van der Waals surface area contributed by atoms with Gasteiger partial charge >= 0.3 is 0 Å². The molecule has 2 fully saturated rings. The van der Waals surface area contributed by atoms with Crippen LogP contribution in [0.2, 0.25) is 0 Å². The molecule has 160 valence electrons. The van der Waals surface area contributed by atoms with Crippen LogP contribution in [-0.4, -0.2) is 106 Å². The van der Waals surface area contributed by atoms with Gasteiger partial charge in [-0.05, 0) is 6.42 Å². The van der Waals surface area contributed by atoms with Gasteiger partial charge in [0.25, 0.3) is 0 Å². The molecule has 6 N–H and O–H groups in total. The Morgan fingerprint density at radius 3 is 2.33 bits per heavy atom. The molecule has 0 aromatic rings. The Balaban J connectivity index is 1.84. The number of hydrogen-bond acceptors (Lipinski definition) is 10. The van der Waals surface area contributed by atoms with Crippen molar-refractivity contribution in [2.45, 2.75) is 81.3 Å². The van der Waals surface area contributed by atoms with Crippen LogP contribution in [-0.2, 0) is 18.9 Å². The predicted octanol–water partition coefficient (Wildman–Crippen LogP) is -2.15. The van der Waals surface area contributed by atoms with Crippen LogP contribution in [0.15, 0.2) is 0 Å². The molecule has 0 aromatic heterocycles. The first-order valence-corrected chi connectivity index (χ1v) is 9.39. The van der Waals surface area contributed by atoms with Crippen molar-refractivity contribution in [2.75, 3.05) is 26.4 Å². The first-order valence-electron chi connectivity index (χ1n) is 9.39. The van der Waals surface area contributed by atoms with Crippen LogP contribution in [0, 0.1) is 0 Å². The molecular formula is C17H32O10. The van der Waals surface area contributed by atoms with Crippen molar-refractivity contribution in [1.82, 2.24) is 0 Å². The third kappa shape index (κ3) is 5.57. The van der Waals surface area contributed by atoms with Gasteiger partial charge in [-0.1, -0.05) is 26.2 Å². The third-order valence-electron chi connectivity index (χ3n) is 4.95. The normalized spacial score (nSPS) is 42.6. The molecule has 2 saturated heterocycles. The van der Waals surface area contributed by atoms with Gasteiger partial charge in [-0.2, -0.15) is 0 Å². The van der Waals surface area contributed by atoms with Gasteiger partial charge in [-0.25, -0.2) is 0 Å². The molecule has 10 nitrogen and oxygen atoms in total. The number of unbranched alkanes of at least 4 members (excludes halogenated alkanes) is 3.